The lowest BCUT2D eigenvalue weighted by Crippen LogP contribution is -1.94. The second-order valence-corrected chi connectivity index (χ2v) is 3.69. The number of rotatable bonds is 0. The first kappa shape index (κ1) is 11.3. The van der Waals surface area contributed by atoms with E-state index in [1.807, 2.05) is 0 Å². The minimum absolute atomic E-state index is 0.263. The molecule has 86 valence electrons. The largest absolute Gasteiger partial charge is 0.393 e. The zero-order chi connectivity index (χ0) is 12.1. The van der Waals surface area contributed by atoms with Crippen LogP contribution in [-0.4, -0.2) is 11.9 Å². The summed E-state index contributed by atoms with van der Waals surface area (Å²) in [5.74, 6) is -0.796. The number of hydrogen-bond acceptors (Lipinski definition) is 3. The SMILES string of the molecule is O=C1CCC(=O)O1.c1ccc2ccccc2c1. The molecule has 0 radical (unpaired) electrons. The van der Waals surface area contributed by atoms with E-state index in [-0.39, 0.29) is 12.8 Å². The molecule has 3 heteroatoms. The molecule has 0 bridgehead atoms. The fourth-order valence-corrected chi connectivity index (χ4v) is 1.57. The average molecular weight is 228 g/mol. The summed E-state index contributed by atoms with van der Waals surface area (Å²) in [6.45, 7) is 0. The molecule has 1 aliphatic rings. The molecule has 0 saturated carbocycles. The van der Waals surface area contributed by atoms with E-state index in [0.29, 0.717) is 0 Å². The van der Waals surface area contributed by atoms with Gasteiger partial charge in [0.1, 0.15) is 0 Å². The number of carbonyl (C=O) groups excluding carboxylic acids is 2. The van der Waals surface area contributed by atoms with Gasteiger partial charge in [0.25, 0.3) is 0 Å². The molecule has 1 aliphatic heterocycles. The molecule has 2 aromatic carbocycles. The van der Waals surface area contributed by atoms with Crippen LogP contribution >= 0.6 is 0 Å². The number of cyclic esters (lactones) is 2. The summed E-state index contributed by atoms with van der Waals surface area (Å²) < 4.78 is 4.08. The molecule has 3 rings (SSSR count). The van der Waals surface area contributed by atoms with Gasteiger partial charge in [0, 0.05) is 0 Å². The van der Waals surface area contributed by atoms with E-state index in [1.54, 1.807) is 0 Å². The number of fused-ring (bicyclic) bond motifs is 1. The third-order valence-corrected chi connectivity index (χ3v) is 2.42. The van der Waals surface area contributed by atoms with Crippen LogP contribution in [-0.2, 0) is 14.3 Å². The maximum atomic E-state index is 10.0. The van der Waals surface area contributed by atoms with Crippen molar-refractivity contribution < 1.29 is 14.3 Å². The van der Waals surface area contributed by atoms with Gasteiger partial charge in [0.05, 0.1) is 12.8 Å². The van der Waals surface area contributed by atoms with E-state index in [4.69, 9.17) is 0 Å². The lowest BCUT2D eigenvalue weighted by atomic mass is 10.1. The second-order valence-electron chi connectivity index (χ2n) is 3.69. The van der Waals surface area contributed by atoms with Crippen LogP contribution in [0.2, 0.25) is 0 Å². The number of carbonyl (C=O) groups is 2. The molecule has 0 amide bonds. The Kier molecular flexibility index (Phi) is 3.50. The lowest BCUT2D eigenvalue weighted by molar-refractivity contribution is -0.151. The summed E-state index contributed by atoms with van der Waals surface area (Å²) in [6, 6.07) is 16.7. The molecule has 1 heterocycles. The van der Waals surface area contributed by atoms with E-state index in [0.717, 1.165) is 0 Å². The number of esters is 2. The van der Waals surface area contributed by atoms with Crippen molar-refractivity contribution in [2.45, 2.75) is 12.8 Å². The molecule has 17 heavy (non-hydrogen) atoms. The second kappa shape index (κ2) is 5.25. The molecule has 2 aromatic rings. The number of ether oxygens (including phenoxy) is 1. The summed E-state index contributed by atoms with van der Waals surface area (Å²) in [5.41, 5.74) is 0. The predicted octanol–water partition coefficient (Wildman–Crippen LogP) is 2.69. The van der Waals surface area contributed by atoms with Crippen LogP contribution in [0.15, 0.2) is 48.5 Å². The smallest absolute Gasteiger partial charge is 0.314 e. The van der Waals surface area contributed by atoms with Crippen molar-refractivity contribution in [1.29, 1.82) is 0 Å². The van der Waals surface area contributed by atoms with Crippen LogP contribution in [0.25, 0.3) is 10.8 Å². The van der Waals surface area contributed by atoms with Crippen LogP contribution in [0.5, 0.6) is 0 Å². The van der Waals surface area contributed by atoms with Gasteiger partial charge in [0.15, 0.2) is 0 Å². The van der Waals surface area contributed by atoms with Crippen molar-refractivity contribution in [1.82, 2.24) is 0 Å². The predicted molar refractivity (Wildman–Crippen MR) is 64.3 cm³/mol. The Morgan fingerprint density at radius 1 is 0.706 bits per heavy atom. The van der Waals surface area contributed by atoms with E-state index in [1.165, 1.54) is 10.8 Å². The van der Waals surface area contributed by atoms with Gasteiger partial charge in [-0.1, -0.05) is 48.5 Å². The molecule has 0 unspecified atom stereocenters. The molecule has 3 nitrogen and oxygen atoms in total. The van der Waals surface area contributed by atoms with Crippen molar-refractivity contribution in [2.75, 3.05) is 0 Å². The van der Waals surface area contributed by atoms with Gasteiger partial charge in [-0.05, 0) is 10.8 Å². The maximum absolute atomic E-state index is 10.0. The maximum Gasteiger partial charge on any atom is 0.314 e. The molecule has 0 aliphatic carbocycles. The van der Waals surface area contributed by atoms with E-state index >= 15 is 0 Å². The number of benzene rings is 2. The third kappa shape index (κ3) is 3.14. The van der Waals surface area contributed by atoms with Crippen molar-refractivity contribution >= 4 is 22.7 Å². The van der Waals surface area contributed by atoms with E-state index < -0.39 is 11.9 Å². The highest BCUT2D eigenvalue weighted by Crippen LogP contribution is 2.11. The first-order chi connectivity index (χ1) is 8.25. The van der Waals surface area contributed by atoms with Crippen molar-refractivity contribution in [3.8, 4) is 0 Å². The summed E-state index contributed by atoms with van der Waals surface area (Å²) in [7, 11) is 0. The van der Waals surface area contributed by atoms with E-state index in [2.05, 4.69) is 53.3 Å². The minimum atomic E-state index is -0.398. The lowest BCUT2D eigenvalue weighted by Gasteiger charge is -1.92. The molecule has 0 aromatic heterocycles. The fraction of sp³-hybridized carbons (Fsp3) is 0.143. The molecule has 1 fully saturated rings. The van der Waals surface area contributed by atoms with Gasteiger partial charge in [-0.3, -0.25) is 9.59 Å². The highest BCUT2D eigenvalue weighted by molar-refractivity contribution is 5.92. The summed E-state index contributed by atoms with van der Waals surface area (Å²) in [6.07, 6.45) is 0.525. The Morgan fingerprint density at radius 3 is 1.29 bits per heavy atom. The summed E-state index contributed by atoms with van der Waals surface area (Å²) >= 11 is 0. The summed E-state index contributed by atoms with van der Waals surface area (Å²) in [4.78, 5) is 20.0. The van der Waals surface area contributed by atoms with Crippen LogP contribution in [0.4, 0.5) is 0 Å². The quantitative estimate of drug-likeness (QED) is 0.514. The van der Waals surface area contributed by atoms with Gasteiger partial charge < -0.3 is 4.74 Å². The van der Waals surface area contributed by atoms with E-state index in [9.17, 15) is 9.59 Å². The molecular weight excluding hydrogens is 216 g/mol. The fourth-order valence-electron chi connectivity index (χ4n) is 1.57. The van der Waals surface area contributed by atoms with Crippen molar-refractivity contribution in [3.05, 3.63) is 48.5 Å². The van der Waals surface area contributed by atoms with Crippen LogP contribution < -0.4 is 0 Å². The van der Waals surface area contributed by atoms with Gasteiger partial charge in [0.2, 0.25) is 0 Å². The van der Waals surface area contributed by atoms with Crippen LogP contribution in [0.3, 0.4) is 0 Å². The topological polar surface area (TPSA) is 43.4 Å². The van der Waals surface area contributed by atoms with Crippen LogP contribution in [0.1, 0.15) is 12.8 Å². The molecule has 1 saturated heterocycles. The Bertz CT molecular complexity index is 466. The summed E-state index contributed by atoms with van der Waals surface area (Å²) in [5, 5.41) is 2.62. The monoisotopic (exact) mass is 228 g/mol. The Labute approximate surface area is 99.0 Å². The zero-order valence-electron chi connectivity index (χ0n) is 9.26. The van der Waals surface area contributed by atoms with Gasteiger partial charge in [-0.15, -0.1) is 0 Å². The van der Waals surface area contributed by atoms with Gasteiger partial charge in [-0.25, -0.2) is 0 Å². The highest BCUT2D eigenvalue weighted by Gasteiger charge is 2.19. The molecule has 0 N–H and O–H groups in total. The highest BCUT2D eigenvalue weighted by atomic mass is 16.6. The zero-order valence-corrected chi connectivity index (χ0v) is 9.26. The molecule has 0 atom stereocenters. The van der Waals surface area contributed by atoms with Crippen LogP contribution in [0, 0.1) is 0 Å². The Morgan fingerprint density at radius 2 is 1.06 bits per heavy atom. The van der Waals surface area contributed by atoms with Crippen molar-refractivity contribution in [2.24, 2.45) is 0 Å². The normalized spacial score (nSPS) is 14.1. The average Bonchev–Trinajstić information content (AvgIpc) is 2.74. The standard InChI is InChI=1S/C10H8.C4H4O3/c1-2-6-10-8-4-3-7-9(10)5-1;5-3-1-2-4(6)7-3/h1-8H;1-2H2. The first-order valence-corrected chi connectivity index (χ1v) is 5.43. The Balaban J connectivity index is 0.000000136. The first-order valence-electron chi connectivity index (χ1n) is 5.43. The van der Waals surface area contributed by atoms with Crippen molar-refractivity contribution in [3.63, 3.8) is 0 Å². The van der Waals surface area contributed by atoms with Gasteiger partial charge in [-0.2, -0.15) is 0 Å². The number of hydrogen-bond donors (Lipinski definition) is 0. The third-order valence-electron chi connectivity index (χ3n) is 2.42. The molecular formula is C14H12O3. The minimum Gasteiger partial charge on any atom is -0.393 e. The molecule has 0 spiro atoms. The Hall–Kier alpha value is -2.16. The van der Waals surface area contributed by atoms with Gasteiger partial charge >= 0.3 is 11.9 Å².